The van der Waals surface area contributed by atoms with Crippen LogP contribution < -0.4 is 5.32 Å². The highest BCUT2D eigenvalue weighted by molar-refractivity contribution is 7.12. The number of amides is 2. The minimum atomic E-state index is -1.16. The Balaban J connectivity index is 2.02. The number of carboxylic acid groups (broad SMARTS) is 1. The molecule has 1 fully saturated rings. The first-order chi connectivity index (χ1) is 9.90. The van der Waals surface area contributed by atoms with Gasteiger partial charge in [-0.3, -0.25) is 9.59 Å². The maximum atomic E-state index is 12.3. The fourth-order valence-corrected chi connectivity index (χ4v) is 2.90. The third kappa shape index (κ3) is 3.40. The molecule has 0 radical (unpaired) electrons. The van der Waals surface area contributed by atoms with Gasteiger partial charge in [0, 0.05) is 13.0 Å². The van der Waals surface area contributed by atoms with Crippen molar-refractivity contribution in [3.05, 3.63) is 22.4 Å². The summed E-state index contributed by atoms with van der Waals surface area (Å²) in [6.45, 7) is 1.46. The second kappa shape index (κ2) is 6.23. The lowest BCUT2D eigenvalue weighted by Crippen LogP contribution is -2.50. The zero-order valence-electron chi connectivity index (χ0n) is 11.4. The normalized spacial score (nSPS) is 22.9. The van der Waals surface area contributed by atoms with Gasteiger partial charge in [-0.25, -0.2) is 4.79 Å². The number of likely N-dealkylation sites (tertiary alicyclic amines) is 1. The molecule has 3 N–H and O–H groups in total. The number of aliphatic hydroxyl groups excluding tert-OH is 1. The topological polar surface area (TPSA) is 107 Å². The molecule has 1 aromatic rings. The van der Waals surface area contributed by atoms with Crippen molar-refractivity contribution in [3.8, 4) is 0 Å². The van der Waals surface area contributed by atoms with E-state index in [-0.39, 0.29) is 18.9 Å². The van der Waals surface area contributed by atoms with Crippen molar-refractivity contribution in [3.63, 3.8) is 0 Å². The molecule has 7 nitrogen and oxygen atoms in total. The molecule has 1 aliphatic rings. The van der Waals surface area contributed by atoms with Crippen molar-refractivity contribution in [2.24, 2.45) is 0 Å². The number of carbonyl (C=O) groups excluding carboxylic acids is 2. The van der Waals surface area contributed by atoms with Crippen LogP contribution in [-0.4, -0.2) is 57.6 Å². The van der Waals surface area contributed by atoms with Crippen LogP contribution in [-0.2, 0) is 9.59 Å². The number of carboxylic acids is 1. The maximum Gasteiger partial charge on any atom is 0.326 e. The summed E-state index contributed by atoms with van der Waals surface area (Å²) in [5, 5.41) is 22.9. The van der Waals surface area contributed by atoms with E-state index in [0.717, 1.165) is 4.90 Å². The predicted molar refractivity (Wildman–Crippen MR) is 75.0 cm³/mol. The number of thiophene rings is 1. The number of carbonyl (C=O) groups is 3. The van der Waals surface area contributed by atoms with Gasteiger partial charge < -0.3 is 20.4 Å². The first kappa shape index (κ1) is 15.5. The van der Waals surface area contributed by atoms with Crippen molar-refractivity contribution in [1.29, 1.82) is 0 Å². The Labute approximate surface area is 125 Å². The SMILES string of the molecule is CC(NC(=O)c1cccs1)C(=O)N1C[C@@H](O)C[C@H]1C(=O)O. The number of hydrogen-bond donors (Lipinski definition) is 3. The Hall–Kier alpha value is -1.93. The molecule has 1 unspecified atom stereocenters. The molecule has 3 atom stereocenters. The van der Waals surface area contributed by atoms with Gasteiger partial charge in [-0.1, -0.05) is 6.07 Å². The zero-order valence-corrected chi connectivity index (χ0v) is 12.2. The van der Waals surface area contributed by atoms with Gasteiger partial charge in [-0.15, -0.1) is 11.3 Å². The van der Waals surface area contributed by atoms with Gasteiger partial charge in [0.05, 0.1) is 11.0 Å². The number of aliphatic carboxylic acids is 1. The van der Waals surface area contributed by atoms with E-state index in [1.54, 1.807) is 17.5 Å². The van der Waals surface area contributed by atoms with Gasteiger partial charge in [0.2, 0.25) is 5.91 Å². The molecule has 0 aromatic carbocycles. The Bertz CT molecular complexity index is 545. The molecule has 21 heavy (non-hydrogen) atoms. The van der Waals surface area contributed by atoms with E-state index < -0.39 is 30.1 Å². The van der Waals surface area contributed by atoms with E-state index in [9.17, 15) is 19.5 Å². The van der Waals surface area contributed by atoms with Crippen molar-refractivity contribution >= 4 is 29.1 Å². The number of nitrogens with one attached hydrogen (secondary N) is 1. The second-order valence-corrected chi connectivity index (χ2v) is 5.85. The first-order valence-corrected chi connectivity index (χ1v) is 7.34. The van der Waals surface area contributed by atoms with E-state index in [1.165, 1.54) is 18.3 Å². The summed E-state index contributed by atoms with van der Waals surface area (Å²) in [5.74, 6) is -2.04. The minimum Gasteiger partial charge on any atom is -0.480 e. The average Bonchev–Trinajstić information content (AvgIpc) is 3.06. The molecule has 1 aliphatic heterocycles. The zero-order chi connectivity index (χ0) is 15.6. The molecule has 0 aliphatic carbocycles. The third-order valence-corrected chi connectivity index (χ3v) is 4.18. The fourth-order valence-electron chi connectivity index (χ4n) is 2.28. The summed E-state index contributed by atoms with van der Waals surface area (Å²) in [6.07, 6.45) is -0.845. The summed E-state index contributed by atoms with van der Waals surface area (Å²) in [7, 11) is 0. The minimum absolute atomic E-state index is 0.00661. The molecule has 1 saturated heterocycles. The smallest absolute Gasteiger partial charge is 0.326 e. The Morgan fingerprint density at radius 1 is 1.48 bits per heavy atom. The first-order valence-electron chi connectivity index (χ1n) is 6.46. The molecule has 2 amide bonds. The lowest BCUT2D eigenvalue weighted by molar-refractivity contribution is -0.148. The molecule has 2 heterocycles. The van der Waals surface area contributed by atoms with Gasteiger partial charge in [-0.05, 0) is 18.4 Å². The number of nitrogens with zero attached hydrogens (tertiary/aromatic N) is 1. The molecule has 0 saturated carbocycles. The van der Waals surface area contributed by atoms with Gasteiger partial charge >= 0.3 is 5.97 Å². The Morgan fingerprint density at radius 2 is 2.19 bits per heavy atom. The van der Waals surface area contributed by atoms with Crippen molar-refractivity contribution in [1.82, 2.24) is 10.2 Å². The van der Waals surface area contributed by atoms with Crippen molar-refractivity contribution < 1.29 is 24.6 Å². The molecule has 0 spiro atoms. The van der Waals surface area contributed by atoms with Crippen LogP contribution in [0, 0.1) is 0 Å². The Kier molecular flexibility index (Phi) is 4.59. The van der Waals surface area contributed by atoms with E-state index in [0.29, 0.717) is 4.88 Å². The molecule has 1 aromatic heterocycles. The highest BCUT2D eigenvalue weighted by atomic mass is 32.1. The molecule has 114 valence electrons. The molecule has 8 heteroatoms. The predicted octanol–water partition coefficient (Wildman–Crippen LogP) is -0.0872. The summed E-state index contributed by atoms with van der Waals surface area (Å²) in [5.41, 5.74) is 0. The van der Waals surface area contributed by atoms with E-state index in [4.69, 9.17) is 5.11 Å². The number of β-amino-alcohol motifs (C(OH)–C–C–N with tert-alkyl or cyclic N) is 1. The number of aliphatic hydroxyl groups is 1. The van der Waals surface area contributed by atoms with Gasteiger partial charge in [0.1, 0.15) is 12.1 Å². The van der Waals surface area contributed by atoms with Crippen LogP contribution in [0.4, 0.5) is 0 Å². The molecule has 0 bridgehead atoms. The molecular weight excluding hydrogens is 296 g/mol. The fraction of sp³-hybridized carbons (Fsp3) is 0.462. The van der Waals surface area contributed by atoms with E-state index in [1.807, 2.05) is 0 Å². The summed E-state index contributed by atoms with van der Waals surface area (Å²) in [4.78, 5) is 36.8. The molecular formula is C13H16N2O5S. The van der Waals surface area contributed by atoms with Crippen LogP contribution in [0.25, 0.3) is 0 Å². The highest BCUT2D eigenvalue weighted by Gasteiger charge is 2.40. The lowest BCUT2D eigenvalue weighted by Gasteiger charge is -2.25. The van der Waals surface area contributed by atoms with Crippen LogP contribution >= 0.6 is 11.3 Å². The van der Waals surface area contributed by atoms with Crippen LogP contribution in [0.3, 0.4) is 0 Å². The van der Waals surface area contributed by atoms with Crippen LogP contribution in [0.2, 0.25) is 0 Å². The maximum absolute atomic E-state index is 12.3. The van der Waals surface area contributed by atoms with E-state index in [2.05, 4.69) is 5.32 Å². The average molecular weight is 312 g/mol. The van der Waals surface area contributed by atoms with Crippen molar-refractivity contribution in [2.45, 2.75) is 31.5 Å². The number of rotatable bonds is 4. The second-order valence-electron chi connectivity index (χ2n) is 4.91. The molecule has 2 rings (SSSR count). The third-order valence-electron chi connectivity index (χ3n) is 3.31. The van der Waals surface area contributed by atoms with Gasteiger partial charge in [0.15, 0.2) is 0 Å². The van der Waals surface area contributed by atoms with Crippen LogP contribution in [0.15, 0.2) is 17.5 Å². The monoisotopic (exact) mass is 312 g/mol. The number of hydrogen-bond acceptors (Lipinski definition) is 5. The lowest BCUT2D eigenvalue weighted by atomic mass is 10.2. The summed E-state index contributed by atoms with van der Waals surface area (Å²) >= 11 is 1.25. The van der Waals surface area contributed by atoms with Crippen LogP contribution in [0.5, 0.6) is 0 Å². The van der Waals surface area contributed by atoms with Crippen LogP contribution in [0.1, 0.15) is 23.0 Å². The summed E-state index contributed by atoms with van der Waals surface area (Å²) < 4.78 is 0. The van der Waals surface area contributed by atoms with Gasteiger partial charge in [-0.2, -0.15) is 0 Å². The quantitative estimate of drug-likeness (QED) is 0.720. The van der Waals surface area contributed by atoms with E-state index >= 15 is 0 Å². The van der Waals surface area contributed by atoms with Crippen molar-refractivity contribution in [2.75, 3.05) is 6.54 Å². The largest absolute Gasteiger partial charge is 0.480 e. The highest BCUT2D eigenvalue weighted by Crippen LogP contribution is 2.19. The standard InChI is InChI=1S/C13H16N2O5S/c1-7(14-11(17)10-3-2-4-21-10)12(18)15-6-8(16)5-9(15)13(19)20/h2-4,7-9,16H,5-6H2,1H3,(H,14,17)(H,19,20)/t7?,8-,9-/m0/s1. The summed E-state index contributed by atoms with van der Waals surface area (Å²) in [6, 6.07) is 1.46. The Morgan fingerprint density at radius 3 is 2.76 bits per heavy atom. The van der Waals surface area contributed by atoms with Gasteiger partial charge in [0.25, 0.3) is 5.91 Å².